The second-order valence-electron chi connectivity index (χ2n) is 2.15. The van der Waals surface area contributed by atoms with Gasteiger partial charge in [0.1, 0.15) is 0 Å². The van der Waals surface area contributed by atoms with E-state index in [9.17, 15) is 4.79 Å². The number of halogens is 1. The van der Waals surface area contributed by atoms with Gasteiger partial charge in [0, 0.05) is 4.47 Å². The van der Waals surface area contributed by atoms with E-state index in [4.69, 9.17) is 10.5 Å². The van der Waals surface area contributed by atoms with Crippen molar-refractivity contribution in [1.82, 2.24) is 0 Å². The molecular formula is C8H3BrN2OS. The summed E-state index contributed by atoms with van der Waals surface area (Å²) in [4.78, 5) is 11.8. The highest BCUT2D eigenvalue weighted by molar-refractivity contribution is 9.10. The van der Waals surface area contributed by atoms with Crippen LogP contribution in [-0.4, -0.2) is 5.78 Å². The van der Waals surface area contributed by atoms with Gasteiger partial charge in [-0.1, -0.05) is 0 Å². The molecule has 5 heteroatoms. The number of thiophene rings is 1. The van der Waals surface area contributed by atoms with Crippen LogP contribution in [0.5, 0.6) is 0 Å². The number of hydrogen-bond donors (Lipinski definition) is 0. The Morgan fingerprint density at radius 3 is 2.54 bits per heavy atom. The van der Waals surface area contributed by atoms with Crippen LogP contribution < -0.4 is 0 Å². The second-order valence-corrected chi connectivity index (χ2v) is 3.92. The summed E-state index contributed by atoms with van der Waals surface area (Å²) >= 11 is 4.38. The van der Waals surface area contributed by atoms with E-state index >= 15 is 0 Å². The predicted octanol–water partition coefficient (Wildman–Crippen LogP) is 2.36. The van der Waals surface area contributed by atoms with Crippen LogP contribution in [0.3, 0.4) is 0 Å². The first kappa shape index (κ1) is 9.91. The lowest BCUT2D eigenvalue weighted by Gasteiger charge is -1.96. The van der Waals surface area contributed by atoms with Crippen LogP contribution in [0.25, 0.3) is 0 Å². The molecule has 0 atom stereocenters. The summed E-state index contributed by atoms with van der Waals surface area (Å²) in [5.74, 6) is -1.64. The Kier molecular flexibility index (Phi) is 3.18. The molecule has 1 rings (SSSR count). The van der Waals surface area contributed by atoms with Crippen molar-refractivity contribution in [2.24, 2.45) is 5.92 Å². The maximum Gasteiger partial charge on any atom is 0.205 e. The number of rotatable bonds is 2. The molecule has 1 aromatic rings. The number of hydrogen-bond acceptors (Lipinski definition) is 4. The van der Waals surface area contributed by atoms with Gasteiger partial charge in [0.25, 0.3) is 0 Å². The van der Waals surface area contributed by atoms with Crippen LogP contribution in [0, 0.1) is 28.6 Å². The number of ketones is 1. The molecule has 0 fully saturated rings. The van der Waals surface area contributed by atoms with Gasteiger partial charge >= 0.3 is 0 Å². The molecule has 0 saturated carbocycles. The molecule has 0 bridgehead atoms. The number of nitrogens with zero attached hydrogens (tertiary/aromatic N) is 2. The summed E-state index contributed by atoms with van der Waals surface area (Å²) < 4.78 is 0.637. The van der Waals surface area contributed by atoms with E-state index in [0.717, 1.165) is 0 Å². The molecule has 0 saturated heterocycles. The van der Waals surface area contributed by atoms with Crippen LogP contribution >= 0.6 is 27.3 Å². The zero-order valence-corrected chi connectivity index (χ0v) is 8.72. The van der Waals surface area contributed by atoms with Crippen molar-refractivity contribution >= 4 is 33.0 Å². The first-order chi connectivity index (χ1) is 6.20. The monoisotopic (exact) mass is 254 g/mol. The number of carbonyl (C=O) groups is 1. The van der Waals surface area contributed by atoms with E-state index in [2.05, 4.69) is 15.9 Å². The van der Waals surface area contributed by atoms with Crippen molar-refractivity contribution < 1.29 is 4.79 Å². The van der Waals surface area contributed by atoms with Gasteiger partial charge in [-0.15, -0.1) is 11.3 Å². The van der Waals surface area contributed by atoms with Gasteiger partial charge in [0.05, 0.1) is 17.0 Å². The maximum atomic E-state index is 11.4. The summed E-state index contributed by atoms with van der Waals surface area (Å²) in [6.07, 6.45) is 0. The molecule has 0 N–H and O–H groups in total. The number of nitriles is 2. The van der Waals surface area contributed by atoms with E-state index in [1.165, 1.54) is 11.3 Å². The van der Waals surface area contributed by atoms with Gasteiger partial charge in [0.15, 0.2) is 5.92 Å². The summed E-state index contributed by atoms with van der Waals surface area (Å²) in [6, 6.07) is 5.00. The summed E-state index contributed by atoms with van der Waals surface area (Å²) in [5.41, 5.74) is 0. The topological polar surface area (TPSA) is 64.7 Å². The summed E-state index contributed by atoms with van der Waals surface area (Å²) in [7, 11) is 0. The molecule has 0 spiro atoms. The van der Waals surface area contributed by atoms with Crippen molar-refractivity contribution in [3.63, 3.8) is 0 Å². The van der Waals surface area contributed by atoms with E-state index < -0.39 is 11.7 Å². The zero-order chi connectivity index (χ0) is 9.84. The van der Waals surface area contributed by atoms with Crippen molar-refractivity contribution in [1.29, 1.82) is 10.5 Å². The average molecular weight is 255 g/mol. The molecule has 0 aliphatic heterocycles. The van der Waals surface area contributed by atoms with E-state index in [-0.39, 0.29) is 0 Å². The molecule has 1 heterocycles. The van der Waals surface area contributed by atoms with Gasteiger partial charge in [-0.05, 0) is 27.4 Å². The highest BCUT2D eigenvalue weighted by Gasteiger charge is 2.21. The molecule has 0 aliphatic rings. The number of carbonyl (C=O) groups excluding carboxylic acids is 1. The van der Waals surface area contributed by atoms with E-state index in [1.807, 2.05) is 0 Å². The predicted molar refractivity (Wildman–Crippen MR) is 51.1 cm³/mol. The first-order valence-corrected chi connectivity index (χ1v) is 4.94. The van der Waals surface area contributed by atoms with Crippen LogP contribution in [0.2, 0.25) is 0 Å². The van der Waals surface area contributed by atoms with Gasteiger partial charge < -0.3 is 0 Å². The Hall–Kier alpha value is -1.17. The van der Waals surface area contributed by atoms with Gasteiger partial charge in [0.2, 0.25) is 5.78 Å². The fourth-order valence-corrected chi connectivity index (χ4v) is 2.28. The second kappa shape index (κ2) is 4.18. The largest absolute Gasteiger partial charge is 0.291 e. The lowest BCUT2D eigenvalue weighted by Crippen LogP contribution is -2.09. The molecular weight excluding hydrogens is 252 g/mol. The minimum absolute atomic E-state index is 0.424. The fraction of sp³-hybridized carbons (Fsp3) is 0.125. The van der Waals surface area contributed by atoms with Crippen molar-refractivity contribution in [2.45, 2.75) is 0 Å². The standard InChI is InChI=1S/C8H3BrN2OS/c9-6-1-2-13-8(6)7(12)5(3-10)4-11/h1-2,5H. The highest BCUT2D eigenvalue weighted by atomic mass is 79.9. The van der Waals surface area contributed by atoms with Crippen LogP contribution in [0.1, 0.15) is 9.67 Å². The van der Waals surface area contributed by atoms with Gasteiger partial charge in [-0.2, -0.15) is 10.5 Å². The Bertz CT molecular complexity index is 399. The molecule has 1 aromatic heterocycles. The lowest BCUT2D eigenvalue weighted by molar-refractivity contribution is 0.0974. The minimum Gasteiger partial charge on any atom is -0.291 e. The first-order valence-electron chi connectivity index (χ1n) is 3.27. The van der Waals surface area contributed by atoms with Crippen molar-refractivity contribution in [3.8, 4) is 12.1 Å². The average Bonchev–Trinajstić information content (AvgIpc) is 2.53. The van der Waals surface area contributed by atoms with Crippen LogP contribution in [-0.2, 0) is 0 Å². The summed E-state index contributed by atoms with van der Waals surface area (Å²) in [5, 5.41) is 18.7. The van der Waals surface area contributed by atoms with Crippen molar-refractivity contribution in [2.75, 3.05) is 0 Å². The lowest BCUT2D eigenvalue weighted by atomic mass is 10.1. The Morgan fingerprint density at radius 1 is 1.54 bits per heavy atom. The molecule has 64 valence electrons. The van der Waals surface area contributed by atoms with Gasteiger partial charge in [-0.3, -0.25) is 4.79 Å². The highest BCUT2D eigenvalue weighted by Crippen LogP contribution is 2.25. The van der Waals surface area contributed by atoms with E-state index in [1.54, 1.807) is 23.6 Å². The molecule has 13 heavy (non-hydrogen) atoms. The molecule has 0 aliphatic carbocycles. The summed E-state index contributed by atoms with van der Waals surface area (Å²) in [6.45, 7) is 0. The van der Waals surface area contributed by atoms with E-state index in [0.29, 0.717) is 9.35 Å². The maximum absolute atomic E-state index is 11.4. The number of Topliss-reactive ketones (excluding diaryl/α,β-unsaturated/α-hetero) is 1. The molecule has 0 amide bonds. The SMILES string of the molecule is N#CC(C#N)C(=O)c1sccc1Br. The third kappa shape index (κ3) is 1.95. The zero-order valence-electron chi connectivity index (χ0n) is 6.32. The van der Waals surface area contributed by atoms with Crippen LogP contribution in [0.15, 0.2) is 15.9 Å². The molecule has 0 aromatic carbocycles. The Labute approximate surface area is 87.3 Å². The van der Waals surface area contributed by atoms with Gasteiger partial charge in [-0.25, -0.2) is 0 Å². The molecule has 0 radical (unpaired) electrons. The Balaban J connectivity index is 3.01. The quantitative estimate of drug-likeness (QED) is 0.762. The molecule has 0 unspecified atom stereocenters. The normalized spacial score (nSPS) is 9.23. The third-order valence-corrected chi connectivity index (χ3v) is 3.21. The fourth-order valence-electron chi connectivity index (χ4n) is 0.747. The van der Waals surface area contributed by atoms with Crippen LogP contribution in [0.4, 0.5) is 0 Å². The smallest absolute Gasteiger partial charge is 0.205 e. The molecule has 3 nitrogen and oxygen atoms in total. The van der Waals surface area contributed by atoms with Crippen molar-refractivity contribution in [3.05, 3.63) is 20.8 Å². The Morgan fingerprint density at radius 2 is 2.15 bits per heavy atom. The minimum atomic E-state index is -1.20. The third-order valence-electron chi connectivity index (χ3n) is 1.36.